The van der Waals surface area contributed by atoms with Gasteiger partial charge in [0.1, 0.15) is 11.5 Å². The fourth-order valence-corrected chi connectivity index (χ4v) is 3.93. The molecule has 1 aromatic heterocycles. The predicted octanol–water partition coefficient (Wildman–Crippen LogP) is 3.04. The number of ether oxygens (including phenoxy) is 2. The molecule has 0 aliphatic rings. The minimum Gasteiger partial charge on any atom is -0.497 e. The molecule has 0 atom stereocenters. The van der Waals surface area contributed by atoms with Crippen LogP contribution in [-0.2, 0) is 15.8 Å². The van der Waals surface area contributed by atoms with Crippen molar-refractivity contribution in [2.75, 3.05) is 14.2 Å². The number of hydrogen-bond acceptors (Lipinski definition) is 4. The van der Waals surface area contributed by atoms with Gasteiger partial charge in [-0.15, -0.1) is 0 Å². The highest BCUT2D eigenvalue weighted by Crippen LogP contribution is 2.24. The molecule has 1 heterocycles. The lowest BCUT2D eigenvalue weighted by Crippen LogP contribution is -2.13. The van der Waals surface area contributed by atoms with Crippen LogP contribution in [0.2, 0.25) is 0 Å². The van der Waals surface area contributed by atoms with Crippen LogP contribution in [-0.4, -0.2) is 26.6 Å². The van der Waals surface area contributed by atoms with Crippen molar-refractivity contribution in [3.05, 3.63) is 60.3 Å². The molecule has 0 aliphatic carbocycles. The molecule has 0 amide bonds. The Balaban J connectivity index is 1.95. The van der Waals surface area contributed by atoms with Gasteiger partial charge in [0.25, 0.3) is 0 Å². The first kappa shape index (κ1) is 15.4. The second kappa shape index (κ2) is 5.96. The normalized spacial score (nSPS) is 11.6. The first-order chi connectivity index (χ1) is 11.0. The third kappa shape index (κ3) is 3.03. The molecule has 23 heavy (non-hydrogen) atoms. The van der Waals surface area contributed by atoms with E-state index in [4.69, 9.17) is 9.47 Å². The maximum Gasteiger partial charge on any atom is 0.243 e. The molecule has 0 saturated heterocycles. The zero-order chi connectivity index (χ0) is 16.4. The molecular formula is C17H17NO4S. The molecule has 3 aromatic rings. The van der Waals surface area contributed by atoms with Crippen LogP contribution in [0.4, 0.5) is 0 Å². The Bertz CT molecular complexity index is 927. The van der Waals surface area contributed by atoms with E-state index in [2.05, 4.69) is 0 Å². The van der Waals surface area contributed by atoms with E-state index in [0.717, 1.165) is 5.39 Å². The molecule has 3 rings (SSSR count). The van der Waals surface area contributed by atoms with Crippen LogP contribution in [0.25, 0.3) is 10.9 Å². The standard InChI is InChI=1S/C17H17NO4S/c1-21-15-5-3-13(4-6-15)12-23(19,20)18-10-9-14-11-16(22-2)7-8-17(14)18/h3-11H,12H2,1-2H3. The van der Waals surface area contributed by atoms with Crippen LogP contribution in [0.5, 0.6) is 11.5 Å². The number of benzene rings is 2. The van der Waals surface area contributed by atoms with E-state index >= 15 is 0 Å². The molecular weight excluding hydrogens is 314 g/mol. The maximum absolute atomic E-state index is 12.7. The van der Waals surface area contributed by atoms with Crippen molar-refractivity contribution in [2.45, 2.75) is 5.75 Å². The van der Waals surface area contributed by atoms with E-state index in [-0.39, 0.29) is 5.75 Å². The molecule has 5 nitrogen and oxygen atoms in total. The largest absolute Gasteiger partial charge is 0.497 e. The molecule has 0 saturated carbocycles. The monoisotopic (exact) mass is 331 g/mol. The van der Waals surface area contributed by atoms with E-state index in [9.17, 15) is 8.42 Å². The maximum atomic E-state index is 12.7. The Morgan fingerprint density at radius 1 is 0.913 bits per heavy atom. The fourth-order valence-electron chi connectivity index (χ4n) is 2.47. The lowest BCUT2D eigenvalue weighted by molar-refractivity contribution is 0.414. The number of rotatable bonds is 5. The van der Waals surface area contributed by atoms with Gasteiger partial charge < -0.3 is 9.47 Å². The van der Waals surface area contributed by atoms with Crippen LogP contribution < -0.4 is 9.47 Å². The van der Waals surface area contributed by atoms with Crippen LogP contribution in [0.15, 0.2) is 54.7 Å². The van der Waals surface area contributed by atoms with Crippen molar-refractivity contribution in [3.8, 4) is 11.5 Å². The van der Waals surface area contributed by atoms with E-state index in [1.54, 1.807) is 62.9 Å². The van der Waals surface area contributed by atoms with Gasteiger partial charge in [-0.3, -0.25) is 0 Å². The molecule has 120 valence electrons. The summed E-state index contributed by atoms with van der Waals surface area (Å²) in [5.41, 5.74) is 1.35. The summed E-state index contributed by atoms with van der Waals surface area (Å²) >= 11 is 0. The van der Waals surface area contributed by atoms with Gasteiger partial charge in [0.15, 0.2) is 0 Å². The summed E-state index contributed by atoms with van der Waals surface area (Å²) in [6.07, 6.45) is 1.57. The minimum atomic E-state index is -3.50. The molecule has 6 heteroatoms. The van der Waals surface area contributed by atoms with E-state index in [0.29, 0.717) is 22.6 Å². The number of nitrogens with zero attached hydrogens (tertiary/aromatic N) is 1. The van der Waals surface area contributed by atoms with Crippen molar-refractivity contribution in [2.24, 2.45) is 0 Å². The Labute approximate surface area is 135 Å². The first-order valence-corrected chi connectivity index (χ1v) is 8.66. The van der Waals surface area contributed by atoms with E-state index < -0.39 is 10.0 Å². The minimum absolute atomic E-state index is 0.0766. The first-order valence-electron chi connectivity index (χ1n) is 7.05. The van der Waals surface area contributed by atoms with Gasteiger partial charge >= 0.3 is 0 Å². The molecule has 0 N–H and O–H groups in total. The third-order valence-corrected chi connectivity index (χ3v) is 5.29. The second-order valence-corrected chi connectivity index (χ2v) is 6.99. The van der Waals surface area contributed by atoms with Gasteiger partial charge in [0, 0.05) is 11.6 Å². The van der Waals surface area contributed by atoms with Gasteiger partial charge in [0.2, 0.25) is 10.0 Å². The average molecular weight is 331 g/mol. The Morgan fingerprint density at radius 3 is 2.22 bits per heavy atom. The average Bonchev–Trinajstić information content (AvgIpc) is 2.99. The zero-order valence-electron chi connectivity index (χ0n) is 12.9. The van der Waals surface area contributed by atoms with Gasteiger partial charge in [-0.1, -0.05) is 12.1 Å². The van der Waals surface area contributed by atoms with Crippen molar-refractivity contribution >= 4 is 20.9 Å². The van der Waals surface area contributed by atoms with Crippen LogP contribution >= 0.6 is 0 Å². The number of aromatic nitrogens is 1. The summed E-state index contributed by atoms with van der Waals surface area (Å²) in [5, 5.41) is 0.822. The predicted molar refractivity (Wildman–Crippen MR) is 89.5 cm³/mol. The summed E-state index contributed by atoms with van der Waals surface area (Å²) in [5.74, 6) is 1.32. The summed E-state index contributed by atoms with van der Waals surface area (Å²) in [6.45, 7) is 0. The summed E-state index contributed by atoms with van der Waals surface area (Å²) in [4.78, 5) is 0. The van der Waals surface area contributed by atoms with Crippen LogP contribution in [0.1, 0.15) is 5.56 Å². The molecule has 0 radical (unpaired) electrons. The van der Waals surface area contributed by atoms with Gasteiger partial charge in [-0.25, -0.2) is 12.4 Å². The number of fused-ring (bicyclic) bond motifs is 1. The summed E-state index contributed by atoms with van der Waals surface area (Å²) < 4.78 is 36.9. The van der Waals surface area contributed by atoms with E-state index in [1.165, 1.54) is 3.97 Å². The van der Waals surface area contributed by atoms with Gasteiger partial charge in [-0.2, -0.15) is 0 Å². The highest BCUT2D eigenvalue weighted by atomic mass is 32.2. The summed E-state index contributed by atoms with van der Waals surface area (Å²) in [6, 6.07) is 14.1. The Morgan fingerprint density at radius 2 is 1.57 bits per heavy atom. The van der Waals surface area contributed by atoms with Crippen molar-refractivity contribution in [3.63, 3.8) is 0 Å². The van der Waals surface area contributed by atoms with Crippen molar-refractivity contribution < 1.29 is 17.9 Å². The van der Waals surface area contributed by atoms with Crippen LogP contribution in [0, 0.1) is 0 Å². The highest BCUT2D eigenvalue weighted by Gasteiger charge is 2.17. The van der Waals surface area contributed by atoms with Crippen LogP contribution in [0.3, 0.4) is 0 Å². The lowest BCUT2D eigenvalue weighted by Gasteiger charge is -2.09. The number of methoxy groups -OCH3 is 2. The second-order valence-electron chi connectivity index (χ2n) is 5.14. The lowest BCUT2D eigenvalue weighted by atomic mass is 10.2. The highest BCUT2D eigenvalue weighted by molar-refractivity contribution is 7.89. The third-order valence-electron chi connectivity index (χ3n) is 3.67. The SMILES string of the molecule is COc1ccc(CS(=O)(=O)n2ccc3cc(OC)ccc32)cc1. The van der Waals surface area contributed by atoms with Crippen molar-refractivity contribution in [1.82, 2.24) is 3.97 Å². The Hall–Kier alpha value is -2.47. The fraction of sp³-hybridized carbons (Fsp3) is 0.176. The smallest absolute Gasteiger partial charge is 0.243 e. The van der Waals surface area contributed by atoms with E-state index in [1.807, 2.05) is 6.07 Å². The number of hydrogen-bond donors (Lipinski definition) is 0. The van der Waals surface area contributed by atoms with Gasteiger partial charge in [-0.05, 0) is 42.0 Å². The molecule has 0 bridgehead atoms. The topological polar surface area (TPSA) is 57.5 Å². The summed E-state index contributed by atoms with van der Waals surface area (Å²) in [7, 11) is -0.343. The molecule has 0 unspecified atom stereocenters. The quantitative estimate of drug-likeness (QED) is 0.721. The molecule has 0 aliphatic heterocycles. The van der Waals surface area contributed by atoms with Crippen molar-refractivity contribution in [1.29, 1.82) is 0 Å². The molecule has 0 spiro atoms. The zero-order valence-corrected chi connectivity index (χ0v) is 13.7. The van der Waals surface area contributed by atoms with Gasteiger partial charge in [0.05, 0.1) is 25.5 Å². The Kier molecular flexibility index (Phi) is 4.00. The molecule has 0 fully saturated rings. The molecule has 2 aromatic carbocycles.